The lowest BCUT2D eigenvalue weighted by molar-refractivity contribution is 0.102. The Morgan fingerprint density at radius 3 is 2.48 bits per heavy atom. The molecule has 156 valence electrons. The first kappa shape index (κ1) is 21.8. The van der Waals surface area contributed by atoms with Crippen LogP contribution in [0.2, 0.25) is 0 Å². The smallest absolute Gasteiger partial charge is 0.258 e. The second-order valence-electron chi connectivity index (χ2n) is 7.09. The third-order valence-corrected chi connectivity index (χ3v) is 7.84. The van der Waals surface area contributed by atoms with Gasteiger partial charge in [-0.3, -0.25) is 4.79 Å². The molecule has 2 aromatic rings. The number of rotatable bonds is 6. The summed E-state index contributed by atoms with van der Waals surface area (Å²) in [5, 5.41) is 3.45. The zero-order valence-corrected chi connectivity index (χ0v) is 18.5. The van der Waals surface area contributed by atoms with Gasteiger partial charge in [-0.2, -0.15) is 4.31 Å². The monoisotopic (exact) mass is 434 g/mol. The minimum atomic E-state index is -3.58. The number of benzene rings is 1. The molecule has 0 atom stereocenters. The Balaban J connectivity index is 1.71. The molecular weight excluding hydrogens is 408 g/mol. The van der Waals surface area contributed by atoms with Crippen molar-refractivity contribution in [2.24, 2.45) is 0 Å². The van der Waals surface area contributed by atoms with E-state index in [1.165, 1.54) is 28.2 Å². The Bertz CT molecular complexity index is 956. The van der Waals surface area contributed by atoms with E-state index in [9.17, 15) is 13.2 Å². The molecule has 1 aliphatic heterocycles. The fourth-order valence-corrected chi connectivity index (χ4v) is 5.32. The van der Waals surface area contributed by atoms with E-state index in [0.717, 1.165) is 25.9 Å². The quantitative estimate of drug-likeness (QED) is 0.704. The van der Waals surface area contributed by atoms with E-state index in [1.54, 1.807) is 37.5 Å². The Morgan fingerprint density at radius 1 is 1.21 bits per heavy atom. The molecule has 7 nitrogen and oxygen atoms in total. The highest BCUT2D eigenvalue weighted by Crippen LogP contribution is 2.24. The van der Waals surface area contributed by atoms with E-state index in [0.29, 0.717) is 16.3 Å². The van der Waals surface area contributed by atoms with Crippen molar-refractivity contribution in [1.29, 1.82) is 0 Å². The summed E-state index contributed by atoms with van der Waals surface area (Å²) in [6.45, 7) is 1.78. The summed E-state index contributed by atoms with van der Waals surface area (Å²) in [6.07, 6.45) is 5.15. The van der Waals surface area contributed by atoms with Crippen molar-refractivity contribution >= 4 is 33.4 Å². The largest absolute Gasteiger partial charge is 0.322 e. The van der Waals surface area contributed by atoms with Crippen LogP contribution in [0.25, 0.3) is 0 Å². The molecule has 1 fully saturated rings. The molecule has 9 heteroatoms. The average Bonchev–Trinajstić information content (AvgIpc) is 2.74. The van der Waals surface area contributed by atoms with Gasteiger partial charge in [0.25, 0.3) is 5.91 Å². The molecule has 1 aromatic heterocycles. The Hall–Kier alpha value is -1.94. The van der Waals surface area contributed by atoms with Gasteiger partial charge in [0.05, 0.1) is 10.5 Å². The summed E-state index contributed by atoms with van der Waals surface area (Å²) in [5.74, 6) is -0.276. The van der Waals surface area contributed by atoms with Gasteiger partial charge in [0.2, 0.25) is 10.0 Å². The number of carbonyl (C=O) groups excluding carboxylic acids is 1. The van der Waals surface area contributed by atoms with Crippen LogP contribution in [0.5, 0.6) is 0 Å². The Kier molecular flexibility index (Phi) is 6.94. The first-order valence-electron chi connectivity index (χ1n) is 9.40. The number of aromatic nitrogens is 1. The molecule has 29 heavy (non-hydrogen) atoms. The summed E-state index contributed by atoms with van der Waals surface area (Å²) in [5.41, 5.74) is 1.02. The number of amides is 1. The number of carbonyl (C=O) groups is 1. The molecule has 3 rings (SSSR count). The third-order valence-electron chi connectivity index (χ3n) is 5.20. The number of hydrogen-bond acceptors (Lipinski definition) is 6. The lowest BCUT2D eigenvalue weighted by atomic mass is 10.1. The van der Waals surface area contributed by atoms with Crippen LogP contribution >= 0.6 is 11.8 Å². The summed E-state index contributed by atoms with van der Waals surface area (Å²) < 4.78 is 27.4. The summed E-state index contributed by atoms with van der Waals surface area (Å²) >= 11 is 1.40. The SMILES string of the molecule is CSc1ncccc1C(=O)Nc1ccc(S(=O)(=O)N(C)C2CCN(C)CC2)cc1. The maximum absolute atomic E-state index is 13.0. The average molecular weight is 435 g/mol. The van der Waals surface area contributed by atoms with Crippen LogP contribution in [0.4, 0.5) is 5.69 Å². The molecule has 1 amide bonds. The number of likely N-dealkylation sites (tertiary alicyclic amines) is 1. The van der Waals surface area contributed by atoms with Crippen LogP contribution in [0.3, 0.4) is 0 Å². The van der Waals surface area contributed by atoms with E-state index in [4.69, 9.17) is 0 Å². The topological polar surface area (TPSA) is 82.6 Å². The number of sulfonamides is 1. The molecule has 0 bridgehead atoms. The number of hydrogen-bond donors (Lipinski definition) is 1. The highest BCUT2D eigenvalue weighted by molar-refractivity contribution is 7.98. The van der Waals surface area contributed by atoms with Crippen LogP contribution in [0.1, 0.15) is 23.2 Å². The predicted octanol–water partition coefficient (Wildman–Crippen LogP) is 2.77. The van der Waals surface area contributed by atoms with Crippen molar-refractivity contribution in [1.82, 2.24) is 14.2 Å². The summed E-state index contributed by atoms with van der Waals surface area (Å²) in [6, 6.07) is 9.73. The molecule has 0 radical (unpaired) electrons. The standard InChI is InChI=1S/C20H26N4O3S2/c1-23-13-10-16(11-14-23)24(2)29(26,27)17-8-6-15(7-9-17)22-19(25)18-5-4-12-21-20(18)28-3/h4-9,12,16H,10-11,13-14H2,1-3H3,(H,22,25). The number of pyridine rings is 1. The Labute approximate surface area is 176 Å². The van der Waals surface area contributed by atoms with E-state index < -0.39 is 10.0 Å². The highest BCUT2D eigenvalue weighted by atomic mass is 32.2. The number of piperidine rings is 1. The predicted molar refractivity (Wildman–Crippen MR) is 116 cm³/mol. The van der Waals surface area contributed by atoms with Crippen LogP contribution in [0, 0.1) is 0 Å². The molecule has 2 heterocycles. The molecule has 0 saturated carbocycles. The number of nitrogens with zero attached hydrogens (tertiary/aromatic N) is 3. The van der Waals surface area contributed by atoms with Gasteiger partial charge in [-0.25, -0.2) is 13.4 Å². The van der Waals surface area contributed by atoms with Gasteiger partial charge in [-0.05, 0) is 75.6 Å². The van der Waals surface area contributed by atoms with Gasteiger partial charge >= 0.3 is 0 Å². The first-order valence-corrected chi connectivity index (χ1v) is 12.1. The second-order valence-corrected chi connectivity index (χ2v) is 9.89. The number of thioether (sulfide) groups is 1. The van der Waals surface area contributed by atoms with E-state index in [-0.39, 0.29) is 16.8 Å². The van der Waals surface area contributed by atoms with Gasteiger partial charge in [0, 0.05) is 25.0 Å². The van der Waals surface area contributed by atoms with Crippen LogP contribution < -0.4 is 5.32 Å². The van der Waals surface area contributed by atoms with Crippen molar-refractivity contribution in [3.63, 3.8) is 0 Å². The normalized spacial score (nSPS) is 16.1. The fraction of sp³-hybridized carbons (Fsp3) is 0.400. The van der Waals surface area contributed by atoms with E-state index >= 15 is 0 Å². The van der Waals surface area contributed by atoms with E-state index in [1.807, 2.05) is 13.3 Å². The molecule has 0 spiro atoms. The molecule has 0 aliphatic carbocycles. The lowest BCUT2D eigenvalue weighted by Gasteiger charge is -2.34. The maximum Gasteiger partial charge on any atom is 0.258 e. The summed E-state index contributed by atoms with van der Waals surface area (Å²) in [4.78, 5) is 19.1. The maximum atomic E-state index is 13.0. The Morgan fingerprint density at radius 2 is 1.86 bits per heavy atom. The zero-order chi connectivity index (χ0) is 21.0. The van der Waals surface area contributed by atoms with Crippen LogP contribution in [-0.4, -0.2) is 68.0 Å². The molecule has 0 unspecified atom stereocenters. The van der Waals surface area contributed by atoms with Crippen molar-refractivity contribution in [3.05, 3.63) is 48.2 Å². The minimum Gasteiger partial charge on any atom is -0.322 e. The van der Waals surface area contributed by atoms with Gasteiger partial charge in [-0.1, -0.05) is 0 Å². The van der Waals surface area contributed by atoms with Gasteiger partial charge < -0.3 is 10.2 Å². The van der Waals surface area contributed by atoms with Crippen molar-refractivity contribution in [3.8, 4) is 0 Å². The first-order chi connectivity index (χ1) is 13.8. The van der Waals surface area contributed by atoms with Gasteiger partial charge in [0.1, 0.15) is 5.03 Å². The zero-order valence-electron chi connectivity index (χ0n) is 16.8. The third kappa shape index (κ3) is 4.98. The fourth-order valence-electron chi connectivity index (χ4n) is 3.36. The molecular formula is C20H26N4O3S2. The van der Waals surface area contributed by atoms with Crippen molar-refractivity contribution < 1.29 is 13.2 Å². The highest BCUT2D eigenvalue weighted by Gasteiger charge is 2.30. The number of nitrogens with one attached hydrogen (secondary N) is 1. The molecule has 1 aliphatic rings. The van der Waals surface area contributed by atoms with Crippen molar-refractivity contribution in [2.75, 3.05) is 38.8 Å². The van der Waals surface area contributed by atoms with E-state index in [2.05, 4.69) is 15.2 Å². The van der Waals surface area contributed by atoms with Crippen LogP contribution in [0.15, 0.2) is 52.5 Å². The molecule has 1 saturated heterocycles. The molecule has 1 N–H and O–H groups in total. The van der Waals surface area contributed by atoms with Crippen molar-refractivity contribution in [2.45, 2.75) is 28.8 Å². The van der Waals surface area contributed by atoms with Crippen LogP contribution in [-0.2, 0) is 10.0 Å². The van der Waals surface area contributed by atoms with Gasteiger partial charge in [-0.15, -0.1) is 11.8 Å². The molecule has 1 aromatic carbocycles. The second kappa shape index (κ2) is 9.25. The number of anilines is 1. The summed E-state index contributed by atoms with van der Waals surface area (Å²) in [7, 11) is 0.118. The lowest BCUT2D eigenvalue weighted by Crippen LogP contribution is -2.44. The van der Waals surface area contributed by atoms with Gasteiger partial charge in [0.15, 0.2) is 0 Å². The minimum absolute atomic E-state index is 0.00567.